The third-order valence-electron chi connectivity index (χ3n) is 5.95. The third-order valence-corrected chi connectivity index (χ3v) is 6.13. The molecule has 0 aliphatic heterocycles. The average molecular weight is 527 g/mol. The number of aryl methyl sites for hydroxylation is 3. The SMILES string of the molecule is O=c1c2nc(Cl)[nH]c2n(CCc2ccccc2)c(=O)n1CCCc1nc(Cc2ccc(F)cc2F)no1. The smallest absolute Gasteiger partial charge is 0.332 e. The van der Waals surface area contributed by atoms with Crippen molar-refractivity contribution in [1.29, 1.82) is 0 Å². The van der Waals surface area contributed by atoms with Gasteiger partial charge in [0.15, 0.2) is 11.3 Å². The van der Waals surface area contributed by atoms with E-state index in [9.17, 15) is 18.4 Å². The van der Waals surface area contributed by atoms with E-state index in [-0.39, 0.29) is 53.1 Å². The van der Waals surface area contributed by atoms with Gasteiger partial charge in [0.2, 0.25) is 11.2 Å². The van der Waals surface area contributed by atoms with Gasteiger partial charge in [0.1, 0.15) is 17.3 Å². The summed E-state index contributed by atoms with van der Waals surface area (Å²) in [6.07, 6.45) is 1.25. The van der Waals surface area contributed by atoms with Gasteiger partial charge >= 0.3 is 5.69 Å². The zero-order valence-corrected chi connectivity index (χ0v) is 20.2. The van der Waals surface area contributed by atoms with Crippen molar-refractivity contribution in [3.63, 3.8) is 0 Å². The topological polar surface area (TPSA) is 112 Å². The van der Waals surface area contributed by atoms with E-state index in [0.29, 0.717) is 19.4 Å². The van der Waals surface area contributed by atoms with Crippen molar-refractivity contribution >= 4 is 22.8 Å². The Kier molecular flexibility index (Phi) is 6.95. The summed E-state index contributed by atoms with van der Waals surface area (Å²) in [7, 11) is 0. The van der Waals surface area contributed by atoms with E-state index in [1.807, 2.05) is 30.3 Å². The normalized spacial score (nSPS) is 11.4. The van der Waals surface area contributed by atoms with Crippen LogP contribution in [0.1, 0.15) is 29.3 Å². The molecular formula is C25H21ClF2N6O3. The van der Waals surface area contributed by atoms with Gasteiger partial charge in [-0.1, -0.05) is 41.6 Å². The molecule has 0 fully saturated rings. The number of fused-ring (bicyclic) bond motifs is 1. The number of nitrogens with zero attached hydrogens (tertiary/aromatic N) is 5. The first-order chi connectivity index (χ1) is 17.9. The number of aromatic amines is 1. The van der Waals surface area contributed by atoms with Crippen LogP contribution in [0.3, 0.4) is 0 Å². The van der Waals surface area contributed by atoms with Crippen LogP contribution in [0.2, 0.25) is 5.28 Å². The Morgan fingerprint density at radius 3 is 2.57 bits per heavy atom. The Hall–Kier alpha value is -4.12. The summed E-state index contributed by atoms with van der Waals surface area (Å²) in [5.74, 6) is -0.838. The van der Waals surface area contributed by atoms with Crippen molar-refractivity contribution in [2.75, 3.05) is 0 Å². The Morgan fingerprint density at radius 2 is 1.78 bits per heavy atom. The maximum absolute atomic E-state index is 13.9. The van der Waals surface area contributed by atoms with Crippen LogP contribution in [0.25, 0.3) is 11.2 Å². The fourth-order valence-electron chi connectivity index (χ4n) is 4.11. The number of hydrogen-bond donors (Lipinski definition) is 1. The highest BCUT2D eigenvalue weighted by Gasteiger charge is 2.17. The number of nitrogens with one attached hydrogen (secondary N) is 1. The van der Waals surface area contributed by atoms with Crippen molar-refractivity contribution in [1.82, 2.24) is 29.2 Å². The monoisotopic (exact) mass is 526 g/mol. The molecule has 0 saturated heterocycles. The quantitative estimate of drug-likeness (QED) is 0.293. The molecule has 0 bridgehead atoms. The van der Waals surface area contributed by atoms with Gasteiger partial charge in [0.05, 0.1) is 0 Å². The summed E-state index contributed by atoms with van der Waals surface area (Å²) < 4.78 is 34.8. The third kappa shape index (κ3) is 5.36. The van der Waals surface area contributed by atoms with Crippen molar-refractivity contribution in [3.05, 3.63) is 109 Å². The van der Waals surface area contributed by atoms with Gasteiger partial charge in [0, 0.05) is 32.0 Å². The van der Waals surface area contributed by atoms with Gasteiger partial charge in [-0.15, -0.1) is 0 Å². The van der Waals surface area contributed by atoms with Crippen molar-refractivity contribution in [3.8, 4) is 0 Å². The van der Waals surface area contributed by atoms with Gasteiger partial charge in [0.25, 0.3) is 5.56 Å². The van der Waals surface area contributed by atoms with Crippen LogP contribution in [-0.2, 0) is 32.4 Å². The number of aromatic nitrogens is 6. The molecule has 190 valence electrons. The van der Waals surface area contributed by atoms with E-state index < -0.39 is 22.9 Å². The number of halogens is 3. The largest absolute Gasteiger partial charge is 0.339 e. The van der Waals surface area contributed by atoms with Gasteiger partial charge in [-0.2, -0.15) is 4.98 Å². The minimum Gasteiger partial charge on any atom is -0.339 e. The minimum absolute atomic E-state index is 0.0219. The molecule has 0 radical (unpaired) electrons. The standard InChI is InChI=1S/C25H21ClF2N6O3/c26-24-30-21-22(31-24)33(12-10-15-5-2-1-3-6-15)25(36)34(23(21)35)11-4-7-20-29-19(32-37-20)13-16-8-9-17(27)14-18(16)28/h1-3,5-6,8-9,14H,4,7,10-13H2,(H,30,31). The molecule has 3 heterocycles. The maximum Gasteiger partial charge on any atom is 0.332 e. The molecule has 0 spiro atoms. The van der Waals surface area contributed by atoms with E-state index in [1.54, 1.807) is 0 Å². The molecule has 0 aliphatic carbocycles. The van der Waals surface area contributed by atoms with Gasteiger partial charge in [-0.3, -0.25) is 13.9 Å². The fourth-order valence-corrected chi connectivity index (χ4v) is 4.29. The van der Waals surface area contributed by atoms with Crippen LogP contribution >= 0.6 is 11.6 Å². The highest BCUT2D eigenvalue weighted by molar-refractivity contribution is 6.28. The molecule has 1 N–H and O–H groups in total. The summed E-state index contributed by atoms with van der Waals surface area (Å²) in [6, 6.07) is 12.9. The highest BCUT2D eigenvalue weighted by atomic mass is 35.5. The summed E-state index contributed by atoms with van der Waals surface area (Å²) in [6.45, 7) is 0.416. The molecule has 3 aromatic heterocycles. The molecule has 0 aliphatic rings. The molecule has 5 aromatic rings. The lowest BCUT2D eigenvalue weighted by Gasteiger charge is -2.11. The van der Waals surface area contributed by atoms with Crippen LogP contribution in [0, 0.1) is 11.6 Å². The first kappa shape index (κ1) is 24.6. The molecule has 0 saturated carbocycles. The second kappa shape index (κ2) is 10.5. The van der Waals surface area contributed by atoms with Crippen molar-refractivity contribution in [2.24, 2.45) is 0 Å². The maximum atomic E-state index is 13.9. The number of imidazole rings is 1. The van der Waals surface area contributed by atoms with E-state index in [4.69, 9.17) is 16.1 Å². The van der Waals surface area contributed by atoms with E-state index in [1.165, 1.54) is 10.6 Å². The van der Waals surface area contributed by atoms with Crippen LogP contribution in [0.4, 0.5) is 8.78 Å². The summed E-state index contributed by atoms with van der Waals surface area (Å²) >= 11 is 6.01. The van der Waals surface area contributed by atoms with Gasteiger partial charge < -0.3 is 9.51 Å². The molecule has 9 nitrogen and oxygen atoms in total. The number of benzene rings is 2. The highest BCUT2D eigenvalue weighted by Crippen LogP contribution is 2.14. The molecule has 37 heavy (non-hydrogen) atoms. The second-order valence-corrected chi connectivity index (χ2v) is 8.83. The van der Waals surface area contributed by atoms with Gasteiger partial charge in [-0.05, 0) is 41.6 Å². The molecule has 0 unspecified atom stereocenters. The predicted molar refractivity (Wildman–Crippen MR) is 132 cm³/mol. The zero-order chi connectivity index (χ0) is 25.9. The Morgan fingerprint density at radius 1 is 0.973 bits per heavy atom. The first-order valence-electron chi connectivity index (χ1n) is 11.6. The number of hydrogen-bond acceptors (Lipinski definition) is 6. The number of H-pyrrole nitrogens is 1. The Labute approximate surface area is 213 Å². The Balaban J connectivity index is 1.31. The first-order valence-corrected chi connectivity index (χ1v) is 11.9. The molecule has 5 rings (SSSR count). The summed E-state index contributed by atoms with van der Waals surface area (Å²) in [5.41, 5.74) is 0.616. The molecule has 0 amide bonds. The summed E-state index contributed by atoms with van der Waals surface area (Å²) in [5, 5.41) is 3.86. The van der Waals surface area contributed by atoms with Gasteiger partial charge in [-0.25, -0.2) is 18.6 Å². The van der Waals surface area contributed by atoms with Crippen LogP contribution in [-0.4, -0.2) is 29.2 Å². The molecule has 2 aromatic carbocycles. The lowest BCUT2D eigenvalue weighted by Crippen LogP contribution is -2.40. The minimum atomic E-state index is -0.692. The van der Waals surface area contributed by atoms with Crippen molar-refractivity contribution in [2.45, 2.75) is 38.8 Å². The molecule has 0 atom stereocenters. The van der Waals surface area contributed by atoms with Crippen LogP contribution < -0.4 is 11.2 Å². The van der Waals surface area contributed by atoms with E-state index in [2.05, 4.69) is 20.1 Å². The predicted octanol–water partition coefficient (Wildman–Crippen LogP) is 3.67. The fraction of sp³-hybridized carbons (Fsp3) is 0.240. The zero-order valence-electron chi connectivity index (χ0n) is 19.5. The van der Waals surface area contributed by atoms with Crippen molar-refractivity contribution < 1.29 is 13.3 Å². The molecule has 12 heteroatoms. The second-order valence-electron chi connectivity index (χ2n) is 8.47. The molecular weight excluding hydrogens is 506 g/mol. The van der Waals surface area contributed by atoms with Crippen LogP contribution in [0.5, 0.6) is 0 Å². The van der Waals surface area contributed by atoms with Crippen LogP contribution in [0.15, 0.2) is 62.6 Å². The van der Waals surface area contributed by atoms with E-state index in [0.717, 1.165) is 22.3 Å². The Bertz CT molecular complexity index is 1680. The number of rotatable bonds is 9. The lowest BCUT2D eigenvalue weighted by atomic mass is 10.1. The average Bonchev–Trinajstić information content (AvgIpc) is 3.50. The van der Waals surface area contributed by atoms with E-state index >= 15 is 0 Å². The summed E-state index contributed by atoms with van der Waals surface area (Å²) in [4.78, 5) is 37.4. The lowest BCUT2D eigenvalue weighted by molar-refractivity contribution is 0.367.